The van der Waals surface area contributed by atoms with Crippen LogP contribution in [0.15, 0.2) is 23.1 Å². The van der Waals surface area contributed by atoms with E-state index in [1.54, 1.807) is 0 Å². The van der Waals surface area contributed by atoms with Crippen LogP contribution in [0.1, 0.15) is 47.9 Å². The Morgan fingerprint density at radius 2 is 2.00 bits per heavy atom. The Morgan fingerprint density at radius 1 is 1.36 bits per heavy atom. The van der Waals surface area contributed by atoms with Crippen molar-refractivity contribution >= 4 is 34.2 Å². The maximum atomic E-state index is 12.7. The van der Waals surface area contributed by atoms with Gasteiger partial charge in [0.15, 0.2) is 0 Å². The third-order valence-electron chi connectivity index (χ3n) is 4.49. The third kappa shape index (κ3) is 4.83. The van der Waals surface area contributed by atoms with Gasteiger partial charge in [-0.05, 0) is 37.5 Å². The highest BCUT2D eigenvalue weighted by Gasteiger charge is 2.41. The highest BCUT2D eigenvalue weighted by molar-refractivity contribution is 7.90. The zero-order valence-electron chi connectivity index (χ0n) is 16.5. The second-order valence-corrected chi connectivity index (χ2v) is 9.23. The summed E-state index contributed by atoms with van der Waals surface area (Å²) in [7, 11) is -2.57. The standard InChI is InChI=1S/C18H27N3O5S.ClH/c1-12(2)10-18(3,11-19)20-16(22)13-5-6-14-15(9-13)27(24,25)21(17(14)23)7-8-26-4;/h5-6,9,12H,7-8,10-11,19H2,1-4H3,(H,20,22);1H. The quantitative estimate of drug-likeness (QED) is 0.639. The molecule has 0 bridgehead atoms. The van der Waals surface area contributed by atoms with Crippen LogP contribution in [0.25, 0.3) is 0 Å². The van der Waals surface area contributed by atoms with Crippen LogP contribution in [-0.2, 0) is 14.8 Å². The van der Waals surface area contributed by atoms with Crippen LogP contribution in [0.5, 0.6) is 0 Å². The number of sulfonamides is 1. The van der Waals surface area contributed by atoms with Crippen LogP contribution in [0.4, 0.5) is 0 Å². The first-order chi connectivity index (χ1) is 12.6. The molecule has 1 heterocycles. The number of fused-ring (bicyclic) bond motifs is 1. The zero-order chi connectivity index (χ0) is 20.4. The Morgan fingerprint density at radius 3 is 2.54 bits per heavy atom. The first-order valence-electron chi connectivity index (χ1n) is 8.78. The lowest BCUT2D eigenvalue weighted by atomic mass is 9.90. The molecule has 0 saturated carbocycles. The fourth-order valence-corrected chi connectivity index (χ4v) is 4.82. The van der Waals surface area contributed by atoms with Crippen molar-refractivity contribution in [2.24, 2.45) is 11.7 Å². The van der Waals surface area contributed by atoms with E-state index in [4.69, 9.17) is 10.5 Å². The smallest absolute Gasteiger partial charge is 0.269 e. The molecule has 158 valence electrons. The van der Waals surface area contributed by atoms with Crippen LogP contribution in [0.2, 0.25) is 0 Å². The lowest BCUT2D eigenvalue weighted by molar-refractivity contribution is 0.0834. The normalized spacial score (nSPS) is 17.1. The van der Waals surface area contributed by atoms with Crippen LogP contribution >= 0.6 is 12.4 Å². The maximum absolute atomic E-state index is 12.7. The lowest BCUT2D eigenvalue weighted by Gasteiger charge is -2.31. The number of benzene rings is 1. The summed E-state index contributed by atoms with van der Waals surface area (Å²) in [5, 5.41) is 2.89. The lowest BCUT2D eigenvalue weighted by Crippen LogP contribution is -2.52. The summed E-state index contributed by atoms with van der Waals surface area (Å²) in [5.74, 6) is -0.712. The van der Waals surface area contributed by atoms with E-state index in [0.717, 1.165) is 4.31 Å². The molecule has 1 aromatic carbocycles. The van der Waals surface area contributed by atoms with Crippen LogP contribution < -0.4 is 11.1 Å². The molecule has 3 N–H and O–H groups in total. The number of hydrogen-bond donors (Lipinski definition) is 2. The van der Waals surface area contributed by atoms with Crippen molar-refractivity contribution in [2.75, 3.05) is 26.8 Å². The second-order valence-electron chi connectivity index (χ2n) is 7.40. The van der Waals surface area contributed by atoms with Crippen molar-refractivity contribution in [3.63, 3.8) is 0 Å². The van der Waals surface area contributed by atoms with Crippen molar-refractivity contribution in [1.82, 2.24) is 9.62 Å². The predicted molar refractivity (Wildman–Crippen MR) is 108 cm³/mol. The average molecular weight is 434 g/mol. The van der Waals surface area contributed by atoms with Crippen LogP contribution in [-0.4, -0.2) is 56.9 Å². The van der Waals surface area contributed by atoms with E-state index in [1.807, 2.05) is 20.8 Å². The molecular formula is C18H28ClN3O5S. The Labute approximate surface area is 172 Å². The van der Waals surface area contributed by atoms with Gasteiger partial charge in [0, 0.05) is 24.8 Å². The molecule has 28 heavy (non-hydrogen) atoms. The molecule has 0 aromatic heterocycles. The van der Waals surface area contributed by atoms with Crippen molar-refractivity contribution in [1.29, 1.82) is 0 Å². The fourth-order valence-electron chi connectivity index (χ4n) is 3.24. The number of carbonyl (C=O) groups excluding carboxylic acids is 2. The van der Waals surface area contributed by atoms with Gasteiger partial charge in [-0.3, -0.25) is 9.59 Å². The SMILES string of the molecule is COCCN1C(=O)c2ccc(C(=O)NC(C)(CN)CC(C)C)cc2S1(=O)=O.Cl. The number of nitrogens with one attached hydrogen (secondary N) is 1. The number of hydrogen-bond acceptors (Lipinski definition) is 6. The number of methoxy groups -OCH3 is 1. The van der Waals surface area contributed by atoms with Gasteiger partial charge in [-0.25, -0.2) is 12.7 Å². The molecule has 2 rings (SSSR count). The van der Waals surface area contributed by atoms with E-state index >= 15 is 0 Å². The minimum Gasteiger partial charge on any atom is -0.383 e. The maximum Gasteiger partial charge on any atom is 0.269 e. The number of nitrogens with two attached hydrogens (primary N) is 1. The number of halogens is 1. The van der Waals surface area contributed by atoms with Gasteiger partial charge in [-0.15, -0.1) is 12.4 Å². The molecular weight excluding hydrogens is 406 g/mol. The monoisotopic (exact) mass is 433 g/mol. The van der Waals surface area contributed by atoms with Crippen LogP contribution in [0.3, 0.4) is 0 Å². The number of amides is 2. The van der Waals surface area contributed by atoms with Gasteiger partial charge < -0.3 is 15.8 Å². The topological polar surface area (TPSA) is 119 Å². The van der Waals surface area contributed by atoms with Gasteiger partial charge in [-0.1, -0.05) is 13.8 Å². The summed E-state index contributed by atoms with van der Waals surface area (Å²) in [6.45, 7) is 6.18. The molecule has 1 atom stereocenters. The number of nitrogens with zero attached hydrogens (tertiary/aromatic N) is 1. The summed E-state index contributed by atoms with van der Waals surface area (Å²) < 4.78 is 31.0. The summed E-state index contributed by atoms with van der Waals surface area (Å²) >= 11 is 0. The average Bonchev–Trinajstić information content (AvgIpc) is 2.78. The van der Waals surface area contributed by atoms with Gasteiger partial charge in [0.05, 0.1) is 18.7 Å². The van der Waals surface area contributed by atoms with Crippen molar-refractivity contribution in [3.05, 3.63) is 29.3 Å². The number of ether oxygens (including phenoxy) is 1. The minimum absolute atomic E-state index is 0. The summed E-state index contributed by atoms with van der Waals surface area (Å²) in [4.78, 5) is 24.9. The Bertz CT molecular complexity index is 844. The highest BCUT2D eigenvalue weighted by atomic mass is 35.5. The second kappa shape index (κ2) is 9.21. The molecule has 1 unspecified atom stereocenters. The Balaban J connectivity index is 0.00000392. The molecule has 1 aliphatic rings. The van der Waals surface area contributed by atoms with Crippen molar-refractivity contribution in [3.8, 4) is 0 Å². The van der Waals surface area contributed by atoms with Crippen molar-refractivity contribution in [2.45, 2.75) is 37.6 Å². The van der Waals surface area contributed by atoms with Gasteiger partial charge in [0.1, 0.15) is 4.90 Å². The van der Waals surface area contributed by atoms with Crippen molar-refractivity contribution < 1.29 is 22.7 Å². The van der Waals surface area contributed by atoms with E-state index < -0.39 is 27.4 Å². The highest BCUT2D eigenvalue weighted by Crippen LogP contribution is 2.31. The Kier molecular flexibility index (Phi) is 8.01. The van der Waals surface area contributed by atoms with Gasteiger partial charge >= 0.3 is 0 Å². The Hall–Kier alpha value is -1.68. The minimum atomic E-state index is -3.99. The first kappa shape index (κ1) is 24.4. The molecule has 0 spiro atoms. The van der Waals surface area contributed by atoms with E-state index in [0.29, 0.717) is 12.3 Å². The molecule has 0 aliphatic carbocycles. The number of rotatable bonds is 8. The predicted octanol–water partition coefficient (Wildman–Crippen LogP) is 1.39. The molecule has 0 radical (unpaired) electrons. The molecule has 0 fully saturated rings. The molecule has 0 saturated heterocycles. The summed E-state index contributed by atoms with van der Waals surface area (Å²) in [5.41, 5.74) is 5.45. The fraction of sp³-hybridized carbons (Fsp3) is 0.556. The molecule has 1 aliphatic heterocycles. The van der Waals surface area contributed by atoms with E-state index in [2.05, 4.69) is 5.32 Å². The molecule has 8 nitrogen and oxygen atoms in total. The zero-order valence-corrected chi connectivity index (χ0v) is 18.2. The number of carbonyl (C=O) groups is 2. The van der Waals surface area contributed by atoms with E-state index in [-0.39, 0.29) is 48.1 Å². The van der Waals surface area contributed by atoms with Gasteiger partial charge in [-0.2, -0.15) is 0 Å². The molecule has 1 aromatic rings. The first-order valence-corrected chi connectivity index (χ1v) is 10.2. The van der Waals surface area contributed by atoms with Gasteiger partial charge in [0.2, 0.25) is 0 Å². The van der Waals surface area contributed by atoms with E-state index in [1.165, 1.54) is 25.3 Å². The summed E-state index contributed by atoms with van der Waals surface area (Å²) in [6.07, 6.45) is 0.682. The largest absolute Gasteiger partial charge is 0.383 e. The molecule has 2 amide bonds. The molecule has 10 heteroatoms. The van der Waals surface area contributed by atoms with E-state index in [9.17, 15) is 18.0 Å². The van der Waals surface area contributed by atoms with Crippen LogP contribution in [0, 0.1) is 5.92 Å². The van der Waals surface area contributed by atoms with Gasteiger partial charge in [0.25, 0.3) is 21.8 Å². The summed E-state index contributed by atoms with van der Waals surface area (Å²) in [6, 6.07) is 4.07. The third-order valence-corrected chi connectivity index (χ3v) is 6.31.